The van der Waals surface area contributed by atoms with Gasteiger partial charge in [-0.3, -0.25) is 4.79 Å². The summed E-state index contributed by atoms with van der Waals surface area (Å²) in [6.07, 6.45) is 1.67. The molecule has 0 bridgehead atoms. The standard InChI is InChI=1S/C23H25Cl3N4OS/c1-15(2)30(23-28-21(29-32-23)13-16-3-6-18(24)7-4-16)12-10-22(31)27-11-9-17-5-8-19(25)14-20(17)26/h3-8,14-15H,9-13H2,1-2H3,(H,27,31). The van der Waals surface area contributed by atoms with Gasteiger partial charge >= 0.3 is 0 Å². The summed E-state index contributed by atoms with van der Waals surface area (Å²) in [5, 5.41) is 5.71. The molecule has 0 spiro atoms. The van der Waals surface area contributed by atoms with Crippen molar-refractivity contribution in [3.05, 3.63) is 74.5 Å². The van der Waals surface area contributed by atoms with Crippen LogP contribution in [0.25, 0.3) is 0 Å². The Bertz CT molecular complexity index is 1040. The molecule has 0 saturated carbocycles. The van der Waals surface area contributed by atoms with Crippen LogP contribution in [-0.2, 0) is 17.6 Å². The summed E-state index contributed by atoms with van der Waals surface area (Å²) in [5.41, 5.74) is 2.07. The zero-order valence-corrected chi connectivity index (χ0v) is 21.0. The number of carbonyl (C=O) groups excluding carboxylic acids is 1. The van der Waals surface area contributed by atoms with E-state index in [-0.39, 0.29) is 11.9 Å². The molecule has 0 fully saturated rings. The zero-order chi connectivity index (χ0) is 23.1. The Morgan fingerprint density at radius 2 is 1.81 bits per heavy atom. The number of hydrogen-bond donors (Lipinski definition) is 1. The molecule has 0 unspecified atom stereocenters. The lowest BCUT2D eigenvalue weighted by molar-refractivity contribution is -0.120. The second kappa shape index (κ2) is 11.8. The lowest BCUT2D eigenvalue weighted by Crippen LogP contribution is -2.35. The lowest BCUT2D eigenvalue weighted by Gasteiger charge is -2.25. The minimum absolute atomic E-state index is 0.00774. The third kappa shape index (κ3) is 7.34. The number of carbonyl (C=O) groups is 1. The van der Waals surface area contributed by atoms with Crippen molar-refractivity contribution in [3.63, 3.8) is 0 Å². The highest BCUT2D eigenvalue weighted by molar-refractivity contribution is 7.09. The summed E-state index contributed by atoms with van der Waals surface area (Å²) < 4.78 is 4.50. The van der Waals surface area contributed by atoms with E-state index in [9.17, 15) is 4.79 Å². The van der Waals surface area contributed by atoms with Crippen LogP contribution in [0.15, 0.2) is 42.5 Å². The molecule has 5 nitrogen and oxygen atoms in total. The highest BCUT2D eigenvalue weighted by atomic mass is 35.5. The van der Waals surface area contributed by atoms with Gasteiger partial charge in [0.2, 0.25) is 11.0 Å². The second-order valence-electron chi connectivity index (χ2n) is 7.67. The number of amides is 1. The number of nitrogens with zero attached hydrogens (tertiary/aromatic N) is 3. The Kier molecular flexibility index (Phi) is 9.17. The first-order valence-electron chi connectivity index (χ1n) is 10.4. The van der Waals surface area contributed by atoms with Crippen LogP contribution >= 0.6 is 46.3 Å². The van der Waals surface area contributed by atoms with Crippen molar-refractivity contribution in [2.75, 3.05) is 18.0 Å². The smallest absolute Gasteiger partial charge is 0.221 e. The molecule has 9 heteroatoms. The minimum atomic E-state index is -0.00774. The number of nitrogens with one attached hydrogen (secondary N) is 1. The van der Waals surface area contributed by atoms with Gasteiger partial charge in [0.25, 0.3) is 0 Å². The maximum atomic E-state index is 12.4. The van der Waals surface area contributed by atoms with Crippen molar-refractivity contribution in [2.24, 2.45) is 0 Å². The molecule has 0 aliphatic carbocycles. The van der Waals surface area contributed by atoms with Gasteiger partial charge in [-0.15, -0.1) is 0 Å². The average Bonchev–Trinajstić information content (AvgIpc) is 3.19. The van der Waals surface area contributed by atoms with Crippen molar-refractivity contribution in [1.82, 2.24) is 14.7 Å². The molecule has 0 saturated heterocycles. The molecule has 3 aromatic rings. The van der Waals surface area contributed by atoms with Crippen molar-refractivity contribution in [3.8, 4) is 0 Å². The highest BCUT2D eigenvalue weighted by Crippen LogP contribution is 2.23. The summed E-state index contributed by atoms with van der Waals surface area (Å²) in [7, 11) is 0. The Labute approximate surface area is 207 Å². The van der Waals surface area contributed by atoms with Crippen LogP contribution in [0, 0.1) is 0 Å². The van der Waals surface area contributed by atoms with Crippen LogP contribution in [-0.4, -0.2) is 34.4 Å². The van der Waals surface area contributed by atoms with Crippen LogP contribution in [0.4, 0.5) is 5.13 Å². The van der Waals surface area contributed by atoms with Gasteiger partial charge in [0, 0.05) is 58.6 Å². The van der Waals surface area contributed by atoms with Gasteiger partial charge in [-0.1, -0.05) is 53.0 Å². The Morgan fingerprint density at radius 1 is 1.09 bits per heavy atom. The molecule has 1 heterocycles. The first-order valence-corrected chi connectivity index (χ1v) is 12.3. The molecule has 0 atom stereocenters. The van der Waals surface area contributed by atoms with E-state index in [0.29, 0.717) is 47.4 Å². The molecular formula is C23H25Cl3N4OS. The predicted octanol–water partition coefficient (Wildman–Crippen LogP) is 6.05. The predicted molar refractivity (Wildman–Crippen MR) is 134 cm³/mol. The van der Waals surface area contributed by atoms with Crippen molar-refractivity contribution >= 4 is 57.4 Å². The highest BCUT2D eigenvalue weighted by Gasteiger charge is 2.17. The van der Waals surface area contributed by atoms with E-state index in [0.717, 1.165) is 22.1 Å². The van der Waals surface area contributed by atoms with Crippen LogP contribution in [0.3, 0.4) is 0 Å². The first kappa shape index (κ1) is 24.8. The van der Waals surface area contributed by atoms with Crippen LogP contribution in [0.2, 0.25) is 15.1 Å². The van der Waals surface area contributed by atoms with E-state index in [1.54, 1.807) is 12.1 Å². The SMILES string of the molecule is CC(C)N(CCC(=O)NCCc1ccc(Cl)cc1Cl)c1nc(Cc2ccc(Cl)cc2)ns1. The molecule has 1 amide bonds. The van der Waals surface area contributed by atoms with Gasteiger partial charge in [0.1, 0.15) is 5.82 Å². The van der Waals surface area contributed by atoms with Gasteiger partial charge < -0.3 is 10.2 Å². The van der Waals surface area contributed by atoms with Crippen LogP contribution < -0.4 is 10.2 Å². The molecule has 0 aliphatic rings. The van der Waals surface area contributed by atoms with E-state index in [1.807, 2.05) is 30.3 Å². The average molecular weight is 512 g/mol. The van der Waals surface area contributed by atoms with Gasteiger partial charge in [-0.2, -0.15) is 4.37 Å². The van der Waals surface area contributed by atoms with Crippen molar-refractivity contribution in [2.45, 2.75) is 39.2 Å². The first-order chi connectivity index (χ1) is 15.3. The molecule has 32 heavy (non-hydrogen) atoms. The zero-order valence-electron chi connectivity index (χ0n) is 17.9. The van der Waals surface area contributed by atoms with Gasteiger partial charge in [0.15, 0.2) is 0 Å². The van der Waals surface area contributed by atoms with Crippen LogP contribution in [0.1, 0.15) is 37.2 Å². The second-order valence-corrected chi connectivity index (χ2v) is 9.68. The fraction of sp³-hybridized carbons (Fsp3) is 0.348. The molecule has 1 aromatic heterocycles. The number of hydrogen-bond acceptors (Lipinski definition) is 5. The quantitative estimate of drug-likeness (QED) is 0.360. The molecule has 3 rings (SSSR count). The molecular weight excluding hydrogens is 487 g/mol. The van der Waals surface area contributed by atoms with E-state index in [1.165, 1.54) is 11.5 Å². The van der Waals surface area contributed by atoms with Crippen molar-refractivity contribution < 1.29 is 4.79 Å². The Balaban J connectivity index is 1.50. The number of aromatic nitrogens is 2. The van der Waals surface area contributed by atoms with E-state index in [2.05, 4.69) is 33.4 Å². The third-order valence-corrected chi connectivity index (χ3v) is 6.54. The normalized spacial score (nSPS) is 11.1. The number of halogens is 3. The maximum Gasteiger partial charge on any atom is 0.221 e. The van der Waals surface area contributed by atoms with E-state index < -0.39 is 0 Å². The maximum absolute atomic E-state index is 12.4. The molecule has 0 radical (unpaired) electrons. The molecule has 0 aliphatic heterocycles. The summed E-state index contributed by atoms with van der Waals surface area (Å²) in [6.45, 7) is 5.26. The monoisotopic (exact) mass is 510 g/mol. The van der Waals surface area contributed by atoms with Crippen LogP contribution in [0.5, 0.6) is 0 Å². The summed E-state index contributed by atoms with van der Waals surface area (Å²) in [6, 6.07) is 13.3. The lowest BCUT2D eigenvalue weighted by atomic mass is 10.1. The fourth-order valence-corrected chi connectivity index (χ4v) is 4.64. The fourth-order valence-electron chi connectivity index (χ4n) is 3.16. The van der Waals surface area contributed by atoms with Gasteiger partial charge in [-0.25, -0.2) is 4.98 Å². The Morgan fingerprint density at radius 3 is 2.50 bits per heavy atom. The molecule has 1 N–H and O–H groups in total. The van der Waals surface area contributed by atoms with Gasteiger partial charge in [-0.05, 0) is 55.7 Å². The minimum Gasteiger partial charge on any atom is -0.356 e. The van der Waals surface area contributed by atoms with E-state index in [4.69, 9.17) is 34.8 Å². The molecule has 170 valence electrons. The number of anilines is 1. The Hall–Kier alpha value is -1.86. The van der Waals surface area contributed by atoms with Crippen molar-refractivity contribution in [1.29, 1.82) is 0 Å². The van der Waals surface area contributed by atoms with Gasteiger partial charge in [0.05, 0.1) is 0 Å². The number of benzene rings is 2. The summed E-state index contributed by atoms with van der Waals surface area (Å²) >= 11 is 19.4. The molecule has 2 aromatic carbocycles. The summed E-state index contributed by atoms with van der Waals surface area (Å²) in [5.74, 6) is 0.758. The topological polar surface area (TPSA) is 58.1 Å². The largest absolute Gasteiger partial charge is 0.356 e. The summed E-state index contributed by atoms with van der Waals surface area (Å²) in [4.78, 5) is 19.2. The number of rotatable bonds is 10. The third-order valence-electron chi connectivity index (χ3n) is 4.91. The van der Waals surface area contributed by atoms with E-state index >= 15 is 0 Å².